The van der Waals surface area contributed by atoms with Gasteiger partial charge < -0.3 is 9.73 Å². The minimum Gasteiger partial charge on any atom is -0.447 e. The molecule has 0 atom stereocenters. The first-order chi connectivity index (χ1) is 8.05. The number of nitrogens with two attached hydrogens (primary N) is 1. The van der Waals surface area contributed by atoms with Gasteiger partial charge in [0.1, 0.15) is 5.76 Å². The normalized spacial score (nSPS) is 16.3. The van der Waals surface area contributed by atoms with Crippen molar-refractivity contribution in [3.05, 3.63) is 17.9 Å². The third-order valence-corrected chi connectivity index (χ3v) is 3.66. The van der Waals surface area contributed by atoms with Gasteiger partial charge in [-0.3, -0.25) is 0 Å². The molecule has 0 aromatic carbocycles. The van der Waals surface area contributed by atoms with Crippen LogP contribution >= 0.6 is 0 Å². The van der Waals surface area contributed by atoms with Crippen LogP contribution in [0.2, 0.25) is 0 Å². The zero-order chi connectivity index (χ0) is 12.3. The van der Waals surface area contributed by atoms with E-state index in [4.69, 9.17) is 9.56 Å². The van der Waals surface area contributed by atoms with Crippen molar-refractivity contribution >= 4 is 10.0 Å². The van der Waals surface area contributed by atoms with Crippen LogP contribution in [-0.4, -0.2) is 15.0 Å². The van der Waals surface area contributed by atoms with Gasteiger partial charge in [-0.2, -0.15) is 0 Å². The second-order valence-electron chi connectivity index (χ2n) is 4.53. The van der Waals surface area contributed by atoms with Crippen LogP contribution in [-0.2, 0) is 16.6 Å². The van der Waals surface area contributed by atoms with Gasteiger partial charge >= 0.3 is 0 Å². The Morgan fingerprint density at radius 3 is 2.76 bits per heavy atom. The van der Waals surface area contributed by atoms with Crippen LogP contribution in [0.3, 0.4) is 0 Å². The van der Waals surface area contributed by atoms with Crippen molar-refractivity contribution in [2.75, 3.05) is 6.54 Å². The summed E-state index contributed by atoms with van der Waals surface area (Å²) in [7, 11) is -3.71. The molecule has 0 amide bonds. The van der Waals surface area contributed by atoms with E-state index in [0.29, 0.717) is 12.3 Å². The molecule has 3 N–H and O–H groups in total. The Morgan fingerprint density at radius 2 is 2.18 bits per heavy atom. The lowest BCUT2D eigenvalue weighted by Gasteiger charge is -2.01. The predicted octanol–water partition coefficient (Wildman–Crippen LogP) is 1.21. The predicted molar refractivity (Wildman–Crippen MR) is 63.7 cm³/mol. The van der Waals surface area contributed by atoms with Gasteiger partial charge in [0.15, 0.2) is 0 Å². The lowest BCUT2D eigenvalue weighted by Crippen LogP contribution is -2.14. The first-order valence-corrected chi connectivity index (χ1v) is 7.42. The lowest BCUT2D eigenvalue weighted by molar-refractivity contribution is 0.401. The summed E-state index contributed by atoms with van der Waals surface area (Å²) in [6, 6.07) is 3.02. The van der Waals surface area contributed by atoms with Crippen LogP contribution in [0.4, 0.5) is 0 Å². The summed E-state index contributed by atoms with van der Waals surface area (Å²) in [6.45, 7) is 1.47. The molecule has 1 heterocycles. The van der Waals surface area contributed by atoms with E-state index in [1.807, 2.05) is 0 Å². The van der Waals surface area contributed by atoms with Crippen molar-refractivity contribution in [2.45, 2.75) is 37.3 Å². The van der Waals surface area contributed by atoms with Gasteiger partial charge in [-0.05, 0) is 37.4 Å². The number of furan rings is 1. The fourth-order valence-electron chi connectivity index (χ4n) is 1.74. The minimum atomic E-state index is -3.71. The first-order valence-electron chi connectivity index (χ1n) is 5.88. The van der Waals surface area contributed by atoms with Gasteiger partial charge in [-0.25, -0.2) is 13.6 Å². The van der Waals surface area contributed by atoms with E-state index in [2.05, 4.69) is 5.32 Å². The van der Waals surface area contributed by atoms with Crippen molar-refractivity contribution < 1.29 is 12.8 Å². The van der Waals surface area contributed by atoms with Crippen molar-refractivity contribution in [2.24, 2.45) is 11.1 Å². The molecule has 1 saturated carbocycles. The zero-order valence-corrected chi connectivity index (χ0v) is 10.5. The molecule has 0 bridgehead atoms. The highest BCUT2D eigenvalue weighted by Crippen LogP contribution is 2.33. The molecule has 1 aromatic rings. The Labute approximate surface area is 101 Å². The average Bonchev–Trinajstić information content (AvgIpc) is 2.92. The Bertz CT molecular complexity index is 463. The van der Waals surface area contributed by atoms with E-state index in [0.717, 1.165) is 18.9 Å². The van der Waals surface area contributed by atoms with Crippen LogP contribution in [0, 0.1) is 5.92 Å². The number of hydrogen-bond acceptors (Lipinski definition) is 4. The highest BCUT2D eigenvalue weighted by atomic mass is 32.2. The molecule has 0 aliphatic heterocycles. The molecule has 6 heteroatoms. The van der Waals surface area contributed by atoms with Crippen LogP contribution in [0.15, 0.2) is 21.6 Å². The molecule has 0 saturated heterocycles. The van der Waals surface area contributed by atoms with E-state index >= 15 is 0 Å². The summed E-state index contributed by atoms with van der Waals surface area (Å²) in [6.07, 6.45) is 5.22. The van der Waals surface area contributed by atoms with Gasteiger partial charge in [0.25, 0.3) is 10.0 Å². The molecule has 1 fully saturated rings. The summed E-state index contributed by atoms with van der Waals surface area (Å²) < 4.78 is 27.0. The Kier molecular flexibility index (Phi) is 3.86. The monoisotopic (exact) mass is 258 g/mol. The fraction of sp³-hybridized carbons (Fsp3) is 0.636. The van der Waals surface area contributed by atoms with Crippen LogP contribution in [0.25, 0.3) is 0 Å². The Morgan fingerprint density at radius 1 is 1.41 bits per heavy atom. The van der Waals surface area contributed by atoms with Gasteiger partial charge in [0.2, 0.25) is 5.09 Å². The number of nitrogens with one attached hydrogen (secondary N) is 1. The smallest absolute Gasteiger partial charge is 0.271 e. The summed E-state index contributed by atoms with van der Waals surface area (Å²) in [5, 5.41) is 7.99. The lowest BCUT2D eigenvalue weighted by atomic mass is 10.2. The molecule has 5 nitrogen and oxygen atoms in total. The van der Waals surface area contributed by atoms with Crippen molar-refractivity contribution in [1.29, 1.82) is 0 Å². The highest BCUT2D eigenvalue weighted by molar-refractivity contribution is 7.89. The molecule has 1 aromatic heterocycles. The maximum Gasteiger partial charge on any atom is 0.271 e. The highest BCUT2D eigenvalue weighted by Gasteiger charge is 2.19. The quantitative estimate of drug-likeness (QED) is 0.720. The Balaban J connectivity index is 1.69. The number of primary sulfonamides is 1. The summed E-state index contributed by atoms with van der Waals surface area (Å²) >= 11 is 0. The largest absolute Gasteiger partial charge is 0.447 e. The molecular formula is C11H18N2O3S. The van der Waals surface area contributed by atoms with Crippen molar-refractivity contribution in [3.63, 3.8) is 0 Å². The minimum absolute atomic E-state index is 0.174. The van der Waals surface area contributed by atoms with Crippen LogP contribution in [0.1, 0.15) is 31.4 Å². The third-order valence-electron chi connectivity index (χ3n) is 2.88. The molecule has 0 radical (unpaired) electrons. The first kappa shape index (κ1) is 12.6. The molecule has 0 unspecified atom stereocenters. The standard InChI is InChI=1S/C11H18N2O3S/c12-17(14,15)11-6-5-10(16-11)8-13-7-1-2-9-3-4-9/h5-6,9,13H,1-4,7-8H2,(H2,12,14,15). The second-order valence-corrected chi connectivity index (χ2v) is 6.02. The molecule has 2 rings (SSSR count). The maximum atomic E-state index is 11.0. The molecule has 17 heavy (non-hydrogen) atoms. The number of hydrogen-bond donors (Lipinski definition) is 2. The molecule has 0 spiro atoms. The topological polar surface area (TPSA) is 85.3 Å². The maximum absolute atomic E-state index is 11.0. The second kappa shape index (κ2) is 5.20. The van der Waals surface area contributed by atoms with Crippen molar-refractivity contribution in [1.82, 2.24) is 5.32 Å². The number of sulfonamides is 1. The van der Waals surface area contributed by atoms with Gasteiger partial charge in [0.05, 0.1) is 6.54 Å². The molecule has 1 aliphatic rings. The molecule has 96 valence electrons. The average molecular weight is 258 g/mol. The van der Waals surface area contributed by atoms with E-state index in [1.54, 1.807) is 6.07 Å². The van der Waals surface area contributed by atoms with Gasteiger partial charge in [-0.15, -0.1) is 0 Å². The van der Waals surface area contributed by atoms with E-state index < -0.39 is 10.0 Å². The van der Waals surface area contributed by atoms with E-state index in [-0.39, 0.29) is 5.09 Å². The van der Waals surface area contributed by atoms with Crippen LogP contribution in [0.5, 0.6) is 0 Å². The van der Waals surface area contributed by atoms with Gasteiger partial charge in [-0.1, -0.05) is 12.8 Å². The molecular weight excluding hydrogens is 240 g/mol. The molecule has 1 aliphatic carbocycles. The van der Waals surface area contributed by atoms with Crippen LogP contribution < -0.4 is 10.5 Å². The SMILES string of the molecule is NS(=O)(=O)c1ccc(CNCCCC2CC2)o1. The third kappa shape index (κ3) is 4.14. The Hall–Kier alpha value is -0.850. The van der Waals surface area contributed by atoms with Crippen molar-refractivity contribution in [3.8, 4) is 0 Å². The fourth-order valence-corrected chi connectivity index (χ4v) is 2.22. The summed E-state index contributed by atoms with van der Waals surface area (Å²) in [4.78, 5) is 0. The summed E-state index contributed by atoms with van der Waals surface area (Å²) in [5.41, 5.74) is 0. The number of rotatable bonds is 7. The van der Waals surface area contributed by atoms with E-state index in [1.165, 1.54) is 25.3 Å². The summed E-state index contributed by atoms with van der Waals surface area (Å²) in [5.74, 6) is 1.55. The van der Waals surface area contributed by atoms with Gasteiger partial charge in [0, 0.05) is 0 Å². The van der Waals surface area contributed by atoms with E-state index in [9.17, 15) is 8.42 Å². The zero-order valence-electron chi connectivity index (χ0n) is 9.69.